The first-order valence-electron chi connectivity index (χ1n) is 10.1. The zero-order valence-corrected chi connectivity index (χ0v) is 16.6. The molecule has 0 radical (unpaired) electrons. The molecule has 30 heavy (non-hydrogen) atoms. The van der Waals surface area contributed by atoms with Crippen LogP contribution in [0.2, 0.25) is 0 Å². The number of anilines is 1. The van der Waals surface area contributed by atoms with Crippen LogP contribution in [0.4, 0.5) is 5.82 Å². The van der Waals surface area contributed by atoms with Gasteiger partial charge in [-0.25, -0.2) is 0 Å². The second-order valence-corrected chi connectivity index (χ2v) is 7.59. The molecule has 3 aromatic rings. The number of hydrogen-bond donors (Lipinski definition) is 0. The number of carbonyl (C=O) groups excluding carboxylic acids is 1. The molecule has 2 aliphatic rings. The number of rotatable bonds is 5. The van der Waals surface area contributed by atoms with Gasteiger partial charge in [0.25, 0.3) is 5.91 Å². The predicted molar refractivity (Wildman–Crippen MR) is 114 cm³/mol. The fourth-order valence-electron chi connectivity index (χ4n) is 3.94. The van der Waals surface area contributed by atoms with Gasteiger partial charge >= 0.3 is 0 Å². The maximum Gasteiger partial charge on any atom is 0.254 e. The summed E-state index contributed by atoms with van der Waals surface area (Å²) in [7, 11) is 0. The average molecular weight is 398 g/mol. The third kappa shape index (κ3) is 3.76. The highest BCUT2D eigenvalue weighted by Crippen LogP contribution is 2.29. The van der Waals surface area contributed by atoms with E-state index in [1.165, 1.54) is 11.1 Å². The first-order chi connectivity index (χ1) is 14.8. The third-order valence-electron chi connectivity index (χ3n) is 5.51. The lowest BCUT2D eigenvalue weighted by molar-refractivity contribution is 0.0794. The van der Waals surface area contributed by atoms with Crippen LogP contribution in [-0.4, -0.2) is 47.2 Å². The first-order valence-corrected chi connectivity index (χ1v) is 10.1. The molecule has 5 rings (SSSR count). The number of hydrogen-bond acceptors (Lipinski definition) is 5. The van der Waals surface area contributed by atoms with Crippen molar-refractivity contribution in [3.63, 3.8) is 0 Å². The molecule has 0 saturated carbocycles. The van der Waals surface area contributed by atoms with Crippen molar-refractivity contribution in [2.45, 2.75) is 6.61 Å². The Hall–Kier alpha value is -3.67. The molecule has 6 nitrogen and oxygen atoms in total. The average Bonchev–Trinajstić information content (AvgIpc) is 3.38. The van der Waals surface area contributed by atoms with Gasteiger partial charge in [-0.2, -0.15) is 0 Å². The SMILES string of the molecule is O=C(c1ccccc1)N1CC2=C(C1)CN(c1ccc(OCc3ccccc3)nn1)C2. The topological polar surface area (TPSA) is 58.6 Å². The number of carbonyl (C=O) groups is 1. The Labute approximate surface area is 175 Å². The lowest BCUT2D eigenvalue weighted by Crippen LogP contribution is -2.34. The van der Waals surface area contributed by atoms with Gasteiger partial charge in [0, 0.05) is 37.8 Å². The van der Waals surface area contributed by atoms with Crippen molar-refractivity contribution in [2.24, 2.45) is 0 Å². The molecule has 6 heteroatoms. The molecule has 0 atom stereocenters. The summed E-state index contributed by atoms with van der Waals surface area (Å²) in [6.45, 7) is 3.41. The largest absolute Gasteiger partial charge is 0.472 e. The minimum absolute atomic E-state index is 0.0938. The summed E-state index contributed by atoms with van der Waals surface area (Å²) in [6, 6.07) is 23.3. The number of nitrogens with zero attached hydrogens (tertiary/aromatic N) is 4. The van der Waals surface area contributed by atoms with Crippen LogP contribution in [0.1, 0.15) is 15.9 Å². The Morgan fingerprint density at radius 2 is 1.47 bits per heavy atom. The molecule has 3 heterocycles. The summed E-state index contributed by atoms with van der Waals surface area (Å²) in [4.78, 5) is 16.8. The molecule has 0 fully saturated rings. The molecule has 150 valence electrons. The van der Waals surface area contributed by atoms with Crippen LogP contribution < -0.4 is 9.64 Å². The van der Waals surface area contributed by atoms with Gasteiger partial charge in [0.15, 0.2) is 5.82 Å². The molecule has 2 aliphatic heterocycles. The van der Waals surface area contributed by atoms with Crippen LogP contribution in [0.15, 0.2) is 83.9 Å². The minimum Gasteiger partial charge on any atom is -0.472 e. The maximum absolute atomic E-state index is 12.7. The number of aromatic nitrogens is 2. The number of amides is 1. The monoisotopic (exact) mass is 398 g/mol. The minimum atomic E-state index is 0.0938. The fourth-order valence-corrected chi connectivity index (χ4v) is 3.94. The molecule has 2 aromatic carbocycles. The molecule has 0 N–H and O–H groups in total. The van der Waals surface area contributed by atoms with E-state index in [1.54, 1.807) is 0 Å². The van der Waals surface area contributed by atoms with Gasteiger partial charge in [-0.3, -0.25) is 4.79 Å². The van der Waals surface area contributed by atoms with E-state index >= 15 is 0 Å². The third-order valence-corrected chi connectivity index (χ3v) is 5.51. The van der Waals surface area contributed by atoms with Crippen molar-refractivity contribution < 1.29 is 9.53 Å². The maximum atomic E-state index is 12.7. The van der Waals surface area contributed by atoms with Gasteiger partial charge in [0.05, 0.1) is 0 Å². The molecular weight excluding hydrogens is 376 g/mol. The first kappa shape index (κ1) is 18.4. The van der Waals surface area contributed by atoms with Crippen molar-refractivity contribution in [1.29, 1.82) is 0 Å². The predicted octanol–water partition coefficient (Wildman–Crippen LogP) is 3.33. The van der Waals surface area contributed by atoms with E-state index in [0.29, 0.717) is 25.6 Å². The van der Waals surface area contributed by atoms with Crippen molar-refractivity contribution in [1.82, 2.24) is 15.1 Å². The normalized spacial score (nSPS) is 15.5. The van der Waals surface area contributed by atoms with Crippen LogP contribution in [0.3, 0.4) is 0 Å². The van der Waals surface area contributed by atoms with Gasteiger partial charge in [-0.15, -0.1) is 10.2 Å². The van der Waals surface area contributed by atoms with E-state index in [9.17, 15) is 4.79 Å². The van der Waals surface area contributed by atoms with Crippen LogP contribution in [-0.2, 0) is 6.61 Å². The quantitative estimate of drug-likeness (QED) is 0.617. The number of benzene rings is 2. The Morgan fingerprint density at radius 3 is 2.10 bits per heavy atom. The Balaban J connectivity index is 1.16. The molecular formula is C24H22N4O2. The lowest BCUT2D eigenvalue weighted by Gasteiger charge is -2.23. The Bertz CT molecular complexity index is 1050. The van der Waals surface area contributed by atoms with Gasteiger partial charge in [-0.05, 0) is 34.9 Å². The Kier molecular flexibility index (Phi) is 4.89. The van der Waals surface area contributed by atoms with E-state index in [2.05, 4.69) is 15.1 Å². The summed E-state index contributed by atoms with van der Waals surface area (Å²) in [5.41, 5.74) is 4.46. The Morgan fingerprint density at radius 1 is 0.800 bits per heavy atom. The van der Waals surface area contributed by atoms with Crippen LogP contribution in [0.5, 0.6) is 5.88 Å². The van der Waals surface area contributed by atoms with Crippen molar-refractivity contribution in [3.8, 4) is 5.88 Å². The summed E-state index contributed by atoms with van der Waals surface area (Å²) in [5.74, 6) is 1.44. The van der Waals surface area contributed by atoms with Crippen molar-refractivity contribution in [2.75, 3.05) is 31.1 Å². The molecule has 0 unspecified atom stereocenters. The van der Waals surface area contributed by atoms with Crippen LogP contribution in [0.25, 0.3) is 0 Å². The fraction of sp³-hybridized carbons (Fsp3) is 0.208. The van der Waals surface area contributed by atoms with E-state index in [1.807, 2.05) is 77.7 Å². The smallest absolute Gasteiger partial charge is 0.254 e. The lowest BCUT2D eigenvalue weighted by atomic mass is 10.2. The van der Waals surface area contributed by atoms with E-state index in [4.69, 9.17) is 4.74 Å². The molecule has 1 aromatic heterocycles. The van der Waals surface area contributed by atoms with E-state index in [-0.39, 0.29) is 5.91 Å². The second-order valence-electron chi connectivity index (χ2n) is 7.59. The zero-order valence-electron chi connectivity index (χ0n) is 16.6. The van der Waals surface area contributed by atoms with Gasteiger partial charge in [0.2, 0.25) is 5.88 Å². The van der Waals surface area contributed by atoms with Gasteiger partial charge in [-0.1, -0.05) is 48.5 Å². The molecule has 0 bridgehead atoms. The van der Waals surface area contributed by atoms with Crippen LogP contribution >= 0.6 is 0 Å². The molecule has 0 spiro atoms. The molecule has 1 amide bonds. The molecule has 0 aliphatic carbocycles. The second kappa shape index (κ2) is 7.99. The highest BCUT2D eigenvalue weighted by molar-refractivity contribution is 5.95. The molecule has 0 saturated heterocycles. The van der Waals surface area contributed by atoms with E-state index in [0.717, 1.165) is 30.0 Å². The number of ether oxygens (including phenoxy) is 1. The van der Waals surface area contributed by atoms with E-state index < -0.39 is 0 Å². The summed E-state index contributed by atoms with van der Waals surface area (Å²) >= 11 is 0. The van der Waals surface area contributed by atoms with Crippen molar-refractivity contribution >= 4 is 11.7 Å². The standard InChI is InChI=1S/C24H22N4O2/c29-24(19-9-5-2-6-10-19)28-15-20-13-27(14-21(20)16-28)22-11-12-23(26-25-22)30-17-18-7-3-1-4-8-18/h1-12H,13-17H2. The summed E-state index contributed by atoms with van der Waals surface area (Å²) in [5, 5.41) is 8.56. The van der Waals surface area contributed by atoms with Crippen LogP contribution in [0, 0.1) is 0 Å². The van der Waals surface area contributed by atoms with Gasteiger partial charge < -0.3 is 14.5 Å². The highest BCUT2D eigenvalue weighted by Gasteiger charge is 2.33. The van der Waals surface area contributed by atoms with Gasteiger partial charge in [0.1, 0.15) is 6.61 Å². The highest BCUT2D eigenvalue weighted by atomic mass is 16.5. The zero-order chi connectivity index (χ0) is 20.3. The summed E-state index contributed by atoms with van der Waals surface area (Å²) in [6.07, 6.45) is 0. The summed E-state index contributed by atoms with van der Waals surface area (Å²) < 4.78 is 5.72. The van der Waals surface area contributed by atoms with Crippen molar-refractivity contribution in [3.05, 3.63) is 95.1 Å².